The molecule has 20 heavy (non-hydrogen) atoms. The van der Waals surface area contributed by atoms with E-state index < -0.39 is 4.92 Å². The molecule has 0 radical (unpaired) electrons. The van der Waals surface area contributed by atoms with Gasteiger partial charge >= 0.3 is 0 Å². The number of nitro groups is 1. The maximum atomic E-state index is 11.6. The summed E-state index contributed by atoms with van der Waals surface area (Å²) >= 11 is 0. The van der Waals surface area contributed by atoms with E-state index in [1.165, 1.54) is 12.1 Å². The fraction of sp³-hybridized carbons (Fsp3) is 0.500. The summed E-state index contributed by atoms with van der Waals surface area (Å²) in [6.45, 7) is 3.06. The largest absolute Gasteiger partial charge is 0.356 e. The molecule has 0 saturated heterocycles. The van der Waals surface area contributed by atoms with E-state index in [0.29, 0.717) is 25.9 Å². The van der Waals surface area contributed by atoms with Crippen molar-refractivity contribution in [2.75, 3.05) is 13.1 Å². The lowest BCUT2D eigenvalue weighted by molar-refractivity contribution is -0.384. The molecule has 0 aliphatic heterocycles. The summed E-state index contributed by atoms with van der Waals surface area (Å²) in [6.07, 6.45) is 2.00. The lowest BCUT2D eigenvalue weighted by Gasteiger charge is -2.11. The van der Waals surface area contributed by atoms with E-state index >= 15 is 0 Å². The van der Waals surface area contributed by atoms with Gasteiger partial charge in [-0.05, 0) is 24.4 Å². The van der Waals surface area contributed by atoms with E-state index in [2.05, 4.69) is 5.32 Å². The quantitative estimate of drug-likeness (QED) is 0.558. The minimum Gasteiger partial charge on any atom is -0.356 e. The number of hydrogen-bond acceptors (Lipinski definition) is 4. The minimum absolute atomic E-state index is 0.00390. The molecule has 0 bridgehead atoms. The molecule has 1 aromatic rings. The fourth-order valence-electron chi connectivity index (χ4n) is 1.86. The number of carbonyl (C=O) groups is 1. The van der Waals surface area contributed by atoms with Crippen LogP contribution >= 0.6 is 0 Å². The first-order chi connectivity index (χ1) is 9.56. The Balaban J connectivity index is 2.33. The van der Waals surface area contributed by atoms with Crippen LogP contribution in [0.1, 0.15) is 25.3 Å². The second-order valence-corrected chi connectivity index (χ2v) is 4.74. The number of benzene rings is 1. The van der Waals surface area contributed by atoms with Gasteiger partial charge in [-0.1, -0.05) is 25.5 Å². The van der Waals surface area contributed by atoms with Crippen molar-refractivity contribution in [3.63, 3.8) is 0 Å². The zero-order valence-corrected chi connectivity index (χ0v) is 11.7. The van der Waals surface area contributed by atoms with Crippen LogP contribution in [0.2, 0.25) is 0 Å². The van der Waals surface area contributed by atoms with Crippen molar-refractivity contribution in [3.05, 3.63) is 39.9 Å². The number of rotatable bonds is 8. The van der Waals surface area contributed by atoms with E-state index in [-0.39, 0.29) is 17.5 Å². The predicted molar refractivity (Wildman–Crippen MR) is 77.3 cm³/mol. The number of nitrogens with one attached hydrogen (secondary N) is 1. The van der Waals surface area contributed by atoms with Gasteiger partial charge in [-0.25, -0.2) is 0 Å². The van der Waals surface area contributed by atoms with Crippen LogP contribution in [0.5, 0.6) is 0 Å². The molecule has 0 aliphatic carbocycles. The van der Waals surface area contributed by atoms with Crippen LogP contribution in [0.25, 0.3) is 0 Å². The molecule has 1 unspecified atom stereocenters. The van der Waals surface area contributed by atoms with Crippen LogP contribution in [0.3, 0.4) is 0 Å². The van der Waals surface area contributed by atoms with Crippen molar-refractivity contribution in [1.82, 2.24) is 5.32 Å². The number of nitrogens with two attached hydrogens (primary N) is 1. The zero-order valence-electron chi connectivity index (χ0n) is 11.7. The zero-order chi connectivity index (χ0) is 15.0. The molecule has 0 aliphatic rings. The van der Waals surface area contributed by atoms with Crippen LogP contribution in [0.15, 0.2) is 24.3 Å². The van der Waals surface area contributed by atoms with Gasteiger partial charge in [-0.3, -0.25) is 14.9 Å². The van der Waals surface area contributed by atoms with Gasteiger partial charge in [-0.2, -0.15) is 0 Å². The summed E-state index contributed by atoms with van der Waals surface area (Å²) in [5.74, 6) is 0.235. The van der Waals surface area contributed by atoms with Gasteiger partial charge in [0.25, 0.3) is 5.69 Å². The third kappa shape index (κ3) is 5.36. The molecule has 0 aromatic heterocycles. The smallest absolute Gasteiger partial charge is 0.269 e. The summed E-state index contributed by atoms with van der Waals surface area (Å²) in [5.41, 5.74) is 6.59. The highest BCUT2D eigenvalue weighted by molar-refractivity contribution is 5.76. The normalized spacial score (nSPS) is 11.9. The SMILES string of the molecule is CCC(CN)CC(=O)NCCc1ccc([N+](=O)[O-])cc1. The lowest BCUT2D eigenvalue weighted by Crippen LogP contribution is -2.29. The summed E-state index contributed by atoms with van der Waals surface area (Å²) in [7, 11) is 0. The molecule has 3 N–H and O–H groups in total. The maximum Gasteiger partial charge on any atom is 0.269 e. The number of amides is 1. The molecule has 1 aromatic carbocycles. The number of nitro benzene ring substituents is 1. The Labute approximate surface area is 118 Å². The summed E-state index contributed by atoms with van der Waals surface area (Å²) in [4.78, 5) is 21.7. The molecule has 0 fully saturated rings. The van der Waals surface area contributed by atoms with Gasteiger partial charge in [0.1, 0.15) is 0 Å². The first-order valence-electron chi connectivity index (χ1n) is 6.77. The molecular formula is C14H21N3O3. The monoisotopic (exact) mass is 279 g/mol. The van der Waals surface area contributed by atoms with Crippen LogP contribution in [0, 0.1) is 16.0 Å². The van der Waals surface area contributed by atoms with Crippen molar-refractivity contribution in [2.45, 2.75) is 26.2 Å². The third-order valence-corrected chi connectivity index (χ3v) is 3.27. The van der Waals surface area contributed by atoms with Gasteiger partial charge in [0.2, 0.25) is 5.91 Å². The van der Waals surface area contributed by atoms with Gasteiger partial charge in [-0.15, -0.1) is 0 Å². The second-order valence-electron chi connectivity index (χ2n) is 4.74. The summed E-state index contributed by atoms with van der Waals surface area (Å²) < 4.78 is 0. The Hall–Kier alpha value is -1.95. The van der Waals surface area contributed by atoms with E-state index in [9.17, 15) is 14.9 Å². The molecule has 0 spiro atoms. The molecule has 6 nitrogen and oxygen atoms in total. The van der Waals surface area contributed by atoms with Gasteiger partial charge in [0.15, 0.2) is 0 Å². The fourth-order valence-corrected chi connectivity index (χ4v) is 1.86. The Kier molecular flexibility index (Phi) is 6.66. The molecule has 0 saturated carbocycles. The van der Waals surface area contributed by atoms with Crippen LogP contribution in [0.4, 0.5) is 5.69 Å². The van der Waals surface area contributed by atoms with E-state index in [0.717, 1.165) is 12.0 Å². The second kappa shape index (κ2) is 8.27. The van der Waals surface area contributed by atoms with Crippen molar-refractivity contribution >= 4 is 11.6 Å². The maximum absolute atomic E-state index is 11.6. The minimum atomic E-state index is -0.427. The highest BCUT2D eigenvalue weighted by Crippen LogP contribution is 2.12. The van der Waals surface area contributed by atoms with Crippen LogP contribution in [-0.4, -0.2) is 23.9 Å². The van der Waals surface area contributed by atoms with Crippen LogP contribution < -0.4 is 11.1 Å². The van der Waals surface area contributed by atoms with Crippen molar-refractivity contribution in [3.8, 4) is 0 Å². The third-order valence-electron chi connectivity index (χ3n) is 3.27. The van der Waals surface area contributed by atoms with E-state index in [1.54, 1.807) is 12.1 Å². The first-order valence-corrected chi connectivity index (χ1v) is 6.77. The number of nitrogens with zero attached hydrogens (tertiary/aromatic N) is 1. The Morgan fingerprint density at radius 3 is 2.55 bits per heavy atom. The summed E-state index contributed by atoms with van der Waals surface area (Å²) in [5, 5.41) is 13.4. The molecule has 110 valence electrons. The van der Waals surface area contributed by atoms with E-state index in [4.69, 9.17) is 5.73 Å². The molecule has 1 atom stereocenters. The predicted octanol–water partition coefficient (Wildman–Crippen LogP) is 1.63. The topological polar surface area (TPSA) is 98.3 Å². The number of hydrogen-bond donors (Lipinski definition) is 2. The van der Waals surface area contributed by atoms with Crippen molar-refractivity contribution in [1.29, 1.82) is 0 Å². The standard InChI is InChI=1S/C14H21N3O3/c1-2-11(10-15)9-14(18)16-8-7-12-3-5-13(6-4-12)17(19)20/h3-6,11H,2,7-10,15H2,1H3,(H,16,18). The molecular weight excluding hydrogens is 258 g/mol. The Morgan fingerprint density at radius 2 is 2.05 bits per heavy atom. The molecule has 0 heterocycles. The Bertz CT molecular complexity index is 441. The van der Waals surface area contributed by atoms with Gasteiger partial charge < -0.3 is 11.1 Å². The average Bonchev–Trinajstić information content (AvgIpc) is 2.45. The van der Waals surface area contributed by atoms with E-state index in [1.807, 2.05) is 6.92 Å². The first kappa shape index (κ1) is 16.1. The highest BCUT2D eigenvalue weighted by Gasteiger charge is 2.10. The highest BCUT2D eigenvalue weighted by atomic mass is 16.6. The van der Waals surface area contributed by atoms with Gasteiger partial charge in [0.05, 0.1) is 4.92 Å². The lowest BCUT2D eigenvalue weighted by atomic mass is 10.0. The van der Waals surface area contributed by atoms with Crippen LogP contribution in [-0.2, 0) is 11.2 Å². The molecule has 6 heteroatoms. The van der Waals surface area contributed by atoms with Crippen molar-refractivity contribution < 1.29 is 9.72 Å². The van der Waals surface area contributed by atoms with Crippen molar-refractivity contribution in [2.24, 2.45) is 11.7 Å². The number of carbonyl (C=O) groups excluding carboxylic acids is 1. The number of non-ortho nitro benzene ring substituents is 1. The van der Waals surface area contributed by atoms with Gasteiger partial charge in [0, 0.05) is 25.1 Å². The molecule has 1 amide bonds. The Morgan fingerprint density at radius 1 is 1.40 bits per heavy atom. The summed E-state index contributed by atoms with van der Waals surface area (Å²) in [6, 6.07) is 6.36. The average molecular weight is 279 g/mol. The molecule has 1 rings (SSSR count).